The summed E-state index contributed by atoms with van der Waals surface area (Å²) in [5.41, 5.74) is -0.175. The molecule has 16 heteroatoms. The van der Waals surface area contributed by atoms with Gasteiger partial charge in [0.15, 0.2) is 23.1 Å². The fraction of sp³-hybridized carbons (Fsp3) is 0.300. The molecule has 0 heterocycles. The monoisotopic (exact) mass is 594 g/mol. The summed E-state index contributed by atoms with van der Waals surface area (Å²) in [6.07, 6.45) is 5.44. The topological polar surface area (TPSA) is 65.2 Å². The van der Waals surface area contributed by atoms with Crippen LogP contribution in [-0.4, -0.2) is 34.7 Å². The molecule has 0 aliphatic heterocycles. The fourth-order valence-corrected chi connectivity index (χ4v) is 3.16. The molecule has 1 fully saturated rings. The second kappa shape index (κ2) is 10.9. The van der Waals surface area contributed by atoms with E-state index in [1.165, 1.54) is 12.4 Å². The van der Waals surface area contributed by atoms with Crippen LogP contribution in [0.4, 0.5) is 42.7 Å². The minimum Gasteiger partial charge on any atom is -0.504 e. The summed E-state index contributed by atoms with van der Waals surface area (Å²) < 4.78 is 113. The third-order valence-corrected chi connectivity index (χ3v) is 4.62. The van der Waals surface area contributed by atoms with Gasteiger partial charge in [-0.15, -0.1) is 0 Å². The van der Waals surface area contributed by atoms with Gasteiger partial charge in [-0.1, -0.05) is 12.8 Å². The molecule has 0 bridgehead atoms. The molecule has 0 aromatic heterocycles. The van der Waals surface area contributed by atoms with Crippen molar-refractivity contribution >= 4 is 20.2 Å². The Morgan fingerprint density at radius 3 is 1.28 bits per heavy atom. The van der Waals surface area contributed by atoms with Crippen LogP contribution in [0.15, 0.2) is 34.3 Å². The van der Waals surface area contributed by atoms with Gasteiger partial charge >= 0.3 is 33.0 Å². The molecule has 203 valence electrons. The van der Waals surface area contributed by atoms with E-state index in [1.54, 1.807) is 0 Å². The van der Waals surface area contributed by atoms with Crippen LogP contribution in [0.3, 0.4) is 0 Å². The number of nitrogens with zero attached hydrogens (tertiary/aromatic N) is 2. The Morgan fingerprint density at radius 1 is 0.667 bits per heavy atom. The van der Waals surface area contributed by atoms with Crippen molar-refractivity contribution < 1.29 is 70.0 Å². The Labute approximate surface area is 208 Å². The van der Waals surface area contributed by atoms with Crippen LogP contribution >= 0.6 is 7.81 Å². The molecule has 0 amide bonds. The zero-order valence-electron chi connectivity index (χ0n) is 17.8. The molecule has 1 saturated carbocycles. The molecule has 1 radical (unpaired) electrons. The number of benzene rings is 2. The van der Waals surface area contributed by atoms with E-state index >= 15 is 0 Å². The van der Waals surface area contributed by atoms with Gasteiger partial charge in [-0.2, -0.15) is 0 Å². The normalized spacial score (nSPS) is 20.3. The Hall–Kier alpha value is -2.37. The largest absolute Gasteiger partial charge is 0.504 e. The van der Waals surface area contributed by atoms with Gasteiger partial charge in [0.1, 0.15) is 11.6 Å². The van der Waals surface area contributed by atoms with Crippen molar-refractivity contribution in [1.29, 1.82) is 0 Å². The summed E-state index contributed by atoms with van der Waals surface area (Å²) in [4.78, 5) is 8.61. The van der Waals surface area contributed by atoms with E-state index < -0.39 is 42.6 Å². The molecular weight excluding hydrogens is 576 g/mol. The van der Waals surface area contributed by atoms with Gasteiger partial charge in [0.05, 0.1) is 12.1 Å². The zero-order valence-corrected chi connectivity index (χ0v) is 19.9. The molecule has 0 unspecified atom stereocenters. The molecule has 3 rings (SSSR count). The summed E-state index contributed by atoms with van der Waals surface area (Å²) in [7, 11) is -10.7. The van der Waals surface area contributed by atoms with E-state index in [1.807, 2.05) is 0 Å². The van der Waals surface area contributed by atoms with Gasteiger partial charge in [-0.3, -0.25) is 9.98 Å². The molecule has 0 saturated heterocycles. The van der Waals surface area contributed by atoms with Crippen LogP contribution in [0.25, 0.3) is 0 Å². The van der Waals surface area contributed by atoms with Gasteiger partial charge in [-0.25, -0.2) is 17.6 Å². The Morgan fingerprint density at radius 2 is 0.972 bits per heavy atom. The minimum atomic E-state index is -10.7. The van der Waals surface area contributed by atoms with E-state index in [-0.39, 0.29) is 40.3 Å². The van der Waals surface area contributed by atoms with Gasteiger partial charge in [0.2, 0.25) is 0 Å². The van der Waals surface area contributed by atoms with Crippen molar-refractivity contribution in [3.63, 3.8) is 0 Å². The number of hydrogen-bond donors (Lipinski definition) is 2. The second-order valence-electron chi connectivity index (χ2n) is 7.58. The van der Waals surface area contributed by atoms with Crippen molar-refractivity contribution in [3.05, 3.63) is 58.7 Å². The van der Waals surface area contributed by atoms with Crippen LogP contribution in [0.5, 0.6) is 11.5 Å². The average Bonchev–Trinajstić information content (AvgIpc) is 2.69. The first-order valence-electron chi connectivity index (χ1n) is 9.79. The quantitative estimate of drug-likeness (QED) is 0.164. The molecule has 2 atom stereocenters. The number of halogens is 10. The molecule has 0 spiro atoms. The first-order chi connectivity index (χ1) is 15.8. The third kappa shape index (κ3) is 11.6. The molecule has 2 N–H and O–H groups in total. The molecule has 2 aromatic carbocycles. The van der Waals surface area contributed by atoms with Gasteiger partial charge in [-0.05, 0) is 25.0 Å². The van der Waals surface area contributed by atoms with E-state index in [0.717, 1.165) is 25.0 Å². The first-order valence-corrected chi connectivity index (χ1v) is 11.8. The van der Waals surface area contributed by atoms with E-state index in [9.17, 15) is 53.0 Å². The Balaban J connectivity index is 0.000000712. The minimum absolute atomic E-state index is 0. The van der Waals surface area contributed by atoms with Gasteiger partial charge < -0.3 is 10.2 Å². The Kier molecular flexibility index (Phi) is 9.62. The van der Waals surface area contributed by atoms with Crippen molar-refractivity contribution in [2.45, 2.75) is 37.8 Å². The molecule has 1 aliphatic rings. The number of aromatic hydroxyl groups is 2. The van der Waals surface area contributed by atoms with Crippen molar-refractivity contribution in [2.75, 3.05) is 0 Å². The van der Waals surface area contributed by atoms with Gasteiger partial charge in [0.25, 0.3) is 0 Å². The maximum Gasteiger partial charge on any atom is 0.168 e. The number of rotatable bonds is 4. The summed E-state index contributed by atoms with van der Waals surface area (Å²) in [6, 6.07) is 2.41. The second-order valence-corrected chi connectivity index (χ2v) is 9.50. The standard InChI is InChI=1S/C20H18F4N2O2.F6P.Mn/c21-13-5-11(19(27)15(23)7-13)9-25-17-3-1-2-4-18(17)26-10-12-6-14(22)8-16(24)20(12)28;1-7(2,3,4,5)6;/h5-10,17-18,27-28H,1-4H2;;/q;-1;/t17-,18-;;/m0../s1. The fourth-order valence-electron chi connectivity index (χ4n) is 3.16. The summed E-state index contributed by atoms with van der Waals surface area (Å²) in [5, 5.41) is 19.4. The first kappa shape index (κ1) is 31.7. The van der Waals surface area contributed by atoms with Crippen LogP contribution in [0.2, 0.25) is 0 Å². The Bertz CT molecular complexity index is 1060. The van der Waals surface area contributed by atoms with E-state index in [4.69, 9.17) is 0 Å². The number of phenols is 2. The van der Waals surface area contributed by atoms with Crippen LogP contribution < -0.4 is 0 Å². The predicted octanol–water partition coefficient (Wildman–Crippen LogP) is 7.88. The number of hydrogen-bond acceptors (Lipinski definition) is 4. The van der Waals surface area contributed by atoms with Crippen molar-refractivity contribution in [3.8, 4) is 11.5 Å². The third-order valence-electron chi connectivity index (χ3n) is 4.62. The summed E-state index contributed by atoms with van der Waals surface area (Å²) in [6.45, 7) is 0. The smallest absolute Gasteiger partial charge is 0.168 e. The molecule has 36 heavy (non-hydrogen) atoms. The number of phenolic OH excluding ortho intramolecular Hbond substituents is 2. The van der Waals surface area contributed by atoms with Crippen LogP contribution in [-0.2, 0) is 17.1 Å². The summed E-state index contributed by atoms with van der Waals surface area (Å²) >= 11 is 0. The van der Waals surface area contributed by atoms with Gasteiger partial charge in [0, 0.05) is 52.8 Å². The average molecular weight is 594 g/mol. The zero-order chi connectivity index (χ0) is 26.7. The molecular formula is C20H18F10MnN2O2P-. The maximum atomic E-state index is 13.4. The van der Waals surface area contributed by atoms with Crippen LogP contribution in [0, 0.1) is 23.3 Å². The maximum absolute atomic E-state index is 13.4. The predicted molar refractivity (Wildman–Crippen MR) is 111 cm³/mol. The molecule has 1 aliphatic carbocycles. The van der Waals surface area contributed by atoms with Crippen molar-refractivity contribution in [2.24, 2.45) is 9.98 Å². The molecule has 4 nitrogen and oxygen atoms in total. The van der Waals surface area contributed by atoms with E-state index in [0.29, 0.717) is 25.0 Å². The van der Waals surface area contributed by atoms with Crippen molar-refractivity contribution in [1.82, 2.24) is 0 Å². The summed E-state index contributed by atoms with van der Waals surface area (Å²) in [5.74, 6) is -5.22. The SMILES string of the molecule is F[P-](F)(F)(F)(F)F.Oc1c(F)cc(F)cc1C=N[C@H]1CCCC[C@@H]1N=Cc1cc(F)cc(F)c1O.[Mn]. The number of aliphatic imine (C=N–C) groups is 2. The molecule has 2 aromatic rings. The van der Waals surface area contributed by atoms with E-state index in [2.05, 4.69) is 9.98 Å². The van der Waals surface area contributed by atoms with Crippen LogP contribution in [0.1, 0.15) is 36.8 Å².